The summed E-state index contributed by atoms with van der Waals surface area (Å²) >= 11 is 5.30. The summed E-state index contributed by atoms with van der Waals surface area (Å²) in [7, 11) is 0. The number of benzene rings is 1. The van der Waals surface area contributed by atoms with Crippen LogP contribution in [-0.4, -0.2) is 11.8 Å². The first-order valence-corrected chi connectivity index (χ1v) is 8.14. The standard InChI is InChI=1S/C14H22BrNS/c1-2-3-4-5-6-13(16)11-17-14-9-7-12(15)8-10-14/h7-10,13H,2-6,11,16H2,1H3. The number of rotatable bonds is 8. The van der Waals surface area contributed by atoms with Crippen LogP contribution in [0.3, 0.4) is 0 Å². The molecule has 0 amide bonds. The lowest BCUT2D eigenvalue weighted by atomic mass is 10.1. The molecule has 0 radical (unpaired) electrons. The molecule has 1 unspecified atom stereocenters. The quantitative estimate of drug-likeness (QED) is 0.548. The summed E-state index contributed by atoms with van der Waals surface area (Å²) in [5.41, 5.74) is 6.10. The Morgan fingerprint density at radius 3 is 2.53 bits per heavy atom. The third-order valence-corrected chi connectivity index (χ3v) is 4.44. The Hall–Kier alpha value is 0.01000. The minimum Gasteiger partial charge on any atom is -0.327 e. The minimum atomic E-state index is 0.334. The molecule has 0 heterocycles. The number of hydrogen-bond donors (Lipinski definition) is 1. The predicted octanol–water partition coefficient (Wildman–Crippen LogP) is 4.84. The fraction of sp³-hybridized carbons (Fsp3) is 0.571. The molecule has 3 heteroatoms. The fourth-order valence-electron chi connectivity index (χ4n) is 1.65. The second kappa shape index (κ2) is 9.01. The molecule has 0 aromatic heterocycles. The summed E-state index contributed by atoms with van der Waals surface area (Å²) < 4.78 is 1.13. The molecule has 1 aromatic carbocycles. The molecule has 0 aliphatic heterocycles. The molecule has 0 spiro atoms. The van der Waals surface area contributed by atoms with Crippen molar-refractivity contribution < 1.29 is 0 Å². The summed E-state index contributed by atoms with van der Waals surface area (Å²) in [6.45, 7) is 2.24. The maximum atomic E-state index is 6.10. The monoisotopic (exact) mass is 315 g/mol. The fourth-order valence-corrected chi connectivity index (χ4v) is 2.82. The van der Waals surface area contributed by atoms with Crippen molar-refractivity contribution in [2.45, 2.75) is 50.0 Å². The number of halogens is 1. The van der Waals surface area contributed by atoms with Gasteiger partial charge in [-0.05, 0) is 30.7 Å². The van der Waals surface area contributed by atoms with Crippen molar-refractivity contribution in [1.82, 2.24) is 0 Å². The predicted molar refractivity (Wildman–Crippen MR) is 81.6 cm³/mol. The molecule has 1 nitrogen and oxygen atoms in total. The van der Waals surface area contributed by atoms with Gasteiger partial charge in [0.2, 0.25) is 0 Å². The van der Waals surface area contributed by atoms with Crippen molar-refractivity contribution in [1.29, 1.82) is 0 Å². The van der Waals surface area contributed by atoms with E-state index in [4.69, 9.17) is 5.73 Å². The van der Waals surface area contributed by atoms with E-state index >= 15 is 0 Å². The van der Waals surface area contributed by atoms with Gasteiger partial charge < -0.3 is 5.73 Å². The number of unbranched alkanes of at least 4 members (excludes halogenated alkanes) is 3. The van der Waals surface area contributed by atoms with Crippen LogP contribution in [0.4, 0.5) is 0 Å². The molecule has 0 saturated heterocycles. The Balaban J connectivity index is 2.14. The highest BCUT2D eigenvalue weighted by molar-refractivity contribution is 9.10. The summed E-state index contributed by atoms with van der Waals surface area (Å²) in [5.74, 6) is 1.02. The molecular formula is C14H22BrNS. The Morgan fingerprint density at radius 1 is 1.18 bits per heavy atom. The summed E-state index contributed by atoms with van der Waals surface area (Å²) in [6, 6.07) is 8.77. The first-order valence-electron chi connectivity index (χ1n) is 6.36. The van der Waals surface area contributed by atoms with E-state index in [9.17, 15) is 0 Å². The topological polar surface area (TPSA) is 26.0 Å². The van der Waals surface area contributed by atoms with Crippen LogP contribution in [0.15, 0.2) is 33.6 Å². The van der Waals surface area contributed by atoms with Crippen molar-refractivity contribution >= 4 is 27.7 Å². The van der Waals surface area contributed by atoms with Gasteiger partial charge in [-0.2, -0.15) is 0 Å². The molecule has 0 aliphatic rings. The van der Waals surface area contributed by atoms with Crippen LogP contribution in [0.5, 0.6) is 0 Å². The highest BCUT2D eigenvalue weighted by Gasteiger charge is 2.03. The van der Waals surface area contributed by atoms with E-state index in [1.165, 1.54) is 30.6 Å². The van der Waals surface area contributed by atoms with Gasteiger partial charge in [0.25, 0.3) is 0 Å². The second-order valence-electron chi connectivity index (χ2n) is 4.37. The molecule has 0 fully saturated rings. The van der Waals surface area contributed by atoms with Crippen LogP contribution < -0.4 is 5.73 Å². The van der Waals surface area contributed by atoms with Crippen LogP contribution in [-0.2, 0) is 0 Å². The average Bonchev–Trinajstić information content (AvgIpc) is 2.34. The maximum Gasteiger partial charge on any atom is 0.0176 e. The normalized spacial score (nSPS) is 12.6. The lowest BCUT2D eigenvalue weighted by molar-refractivity contribution is 0.579. The van der Waals surface area contributed by atoms with Gasteiger partial charge in [0.1, 0.15) is 0 Å². The second-order valence-corrected chi connectivity index (χ2v) is 6.38. The number of thioether (sulfide) groups is 1. The van der Waals surface area contributed by atoms with E-state index in [-0.39, 0.29) is 0 Å². The summed E-state index contributed by atoms with van der Waals surface area (Å²) in [4.78, 5) is 1.30. The molecule has 1 aromatic rings. The summed E-state index contributed by atoms with van der Waals surface area (Å²) in [6.07, 6.45) is 6.39. The molecule has 1 atom stereocenters. The first kappa shape index (κ1) is 15.1. The third-order valence-electron chi connectivity index (χ3n) is 2.71. The SMILES string of the molecule is CCCCCCC(N)CSc1ccc(Br)cc1. The third kappa shape index (κ3) is 7.12. The van der Waals surface area contributed by atoms with Crippen molar-refractivity contribution in [3.8, 4) is 0 Å². The van der Waals surface area contributed by atoms with Gasteiger partial charge in [-0.3, -0.25) is 0 Å². The minimum absolute atomic E-state index is 0.334. The molecular weight excluding hydrogens is 294 g/mol. The highest BCUT2D eigenvalue weighted by Crippen LogP contribution is 2.21. The molecule has 0 aliphatic carbocycles. The van der Waals surface area contributed by atoms with Crippen molar-refractivity contribution in [2.24, 2.45) is 5.73 Å². The maximum absolute atomic E-state index is 6.10. The Labute approximate surface area is 118 Å². The number of hydrogen-bond acceptors (Lipinski definition) is 2. The van der Waals surface area contributed by atoms with E-state index < -0.39 is 0 Å². The number of nitrogens with two attached hydrogens (primary N) is 1. The summed E-state index contributed by atoms with van der Waals surface area (Å²) in [5, 5.41) is 0. The van der Waals surface area contributed by atoms with E-state index in [0.29, 0.717) is 6.04 Å². The van der Waals surface area contributed by atoms with E-state index in [2.05, 4.69) is 47.1 Å². The molecule has 96 valence electrons. The van der Waals surface area contributed by atoms with Crippen molar-refractivity contribution in [3.63, 3.8) is 0 Å². The van der Waals surface area contributed by atoms with Crippen LogP contribution in [0.25, 0.3) is 0 Å². The zero-order valence-corrected chi connectivity index (χ0v) is 12.9. The van der Waals surface area contributed by atoms with E-state index in [1.807, 2.05) is 11.8 Å². The van der Waals surface area contributed by atoms with Gasteiger partial charge in [-0.15, -0.1) is 11.8 Å². The lowest BCUT2D eigenvalue weighted by Crippen LogP contribution is -2.22. The Bertz CT molecular complexity index is 300. The lowest BCUT2D eigenvalue weighted by Gasteiger charge is -2.10. The van der Waals surface area contributed by atoms with Crippen LogP contribution in [0, 0.1) is 0 Å². The molecule has 0 bridgehead atoms. The molecule has 17 heavy (non-hydrogen) atoms. The van der Waals surface area contributed by atoms with Gasteiger partial charge >= 0.3 is 0 Å². The zero-order valence-electron chi connectivity index (χ0n) is 10.5. The van der Waals surface area contributed by atoms with Crippen molar-refractivity contribution in [2.75, 3.05) is 5.75 Å². The van der Waals surface area contributed by atoms with Gasteiger partial charge in [-0.25, -0.2) is 0 Å². The van der Waals surface area contributed by atoms with Gasteiger partial charge in [0, 0.05) is 21.2 Å². The Morgan fingerprint density at radius 2 is 1.88 bits per heavy atom. The largest absolute Gasteiger partial charge is 0.327 e. The smallest absolute Gasteiger partial charge is 0.0176 e. The van der Waals surface area contributed by atoms with Crippen LogP contribution in [0.2, 0.25) is 0 Å². The van der Waals surface area contributed by atoms with Crippen LogP contribution >= 0.6 is 27.7 Å². The Kier molecular flexibility index (Phi) is 7.99. The zero-order chi connectivity index (χ0) is 12.5. The molecule has 2 N–H and O–H groups in total. The van der Waals surface area contributed by atoms with E-state index in [0.717, 1.165) is 16.6 Å². The van der Waals surface area contributed by atoms with E-state index in [1.54, 1.807) is 0 Å². The van der Waals surface area contributed by atoms with Crippen LogP contribution in [0.1, 0.15) is 39.0 Å². The van der Waals surface area contributed by atoms with Gasteiger partial charge in [-0.1, -0.05) is 48.5 Å². The van der Waals surface area contributed by atoms with Gasteiger partial charge in [0.05, 0.1) is 0 Å². The first-order chi connectivity index (χ1) is 8.22. The molecule has 1 rings (SSSR count). The molecule has 0 saturated carbocycles. The van der Waals surface area contributed by atoms with Gasteiger partial charge in [0.15, 0.2) is 0 Å². The highest BCUT2D eigenvalue weighted by atomic mass is 79.9. The van der Waals surface area contributed by atoms with Crippen molar-refractivity contribution in [3.05, 3.63) is 28.7 Å². The average molecular weight is 316 g/mol.